The first-order valence-corrected chi connectivity index (χ1v) is 5.49. The summed E-state index contributed by atoms with van der Waals surface area (Å²) in [6.07, 6.45) is 0. The molecule has 0 amide bonds. The standard InChI is InChI=1S/C14H9F3N2/c15-11-5-2-6-14(9(11)7-18)19-8-10-12(16)3-1-4-13(10)17/h1-6,19H,8H2. The maximum absolute atomic E-state index is 13.4. The molecule has 0 spiro atoms. The number of benzene rings is 2. The molecular formula is C14H9F3N2. The van der Waals surface area contributed by atoms with E-state index >= 15 is 0 Å². The van der Waals surface area contributed by atoms with Gasteiger partial charge in [0, 0.05) is 12.1 Å². The summed E-state index contributed by atoms with van der Waals surface area (Å²) in [5, 5.41) is 11.5. The van der Waals surface area contributed by atoms with Crippen molar-refractivity contribution in [3.8, 4) is 6.07 Å². The fraction of sp³-hybridized carbons (Fsp3) is 0.0714. The normalized spacial score (nSPS) is 10.0. The van der Waals surface area contributed by atoms with Gasteiger partial charge in [0.25, 0.3) is 0 Å². The lowest BCUT2D eigenvalue weighted by molar-refractivity contribution is 0.560. The second-order valence-corrected chi connectivity index (χ2v) is 3.83. The lowest BCUT2D eigenvalue weighted by Crippen LogP contribution is -2.06. The van der Waals surface area contributed by atoms with Crippen LogP contribution in [0.4, 0.5) is 18.9 Å². The Labute approximate surface area is 108 Å². The third kappa shape index (κ3) is 2.68. The van der Waals surface area contributed by atoms with E-state index < -0.39 is 17.5 Å². The van der Waals surface area contributed by atoms with Crippen molar-refractivity contribution in [2.75, 3.05) is 5.32 Å². The first-order chi connectivity index (χ1) is 9.13. The van der Waals surface area contributed by atoms with E-state index in [9.17, 15) is 13.2 Å². The van der Waals surface area contributed by atoms with Gasteiger partial charge in [0.2, 0.25) is 0 Å². The molecule has 0 aromatic heterocycles. The van der Waals surface area contributed by atoms with E-state index in [-0.39, 0.29) is 23.4 Å². The molecule has 0 heterocycles. The molecule has 0 aliphatic carbocycles. The molecule has 2 rings (SSSR count). The monoisotopic (exact) mass is 262 g/mol. The number of rotatable bonds is 3. The van der Waals surface area contributed by atoms with Crippen molar-refractivity contribution >= 4 is 5.69 Å². The molecule has 2 aromatic rings. The van der Waals surface area contributed by atoms with Crippen LogP contribution in [0.3, 0.4) is 0 Å². The summed E-state index contributed by atoms with van der Waals surface area (Å²) < 4.78 is 40.1. The van der Waals surface area contributed by atoms with Gasteiger partial charge in [0.15, 0.2) is 0 Å². The molecule has 0 atom stereocenters. The smallest absolute Gasteiger partial charge is 0.143 e. The highest BCUT2D eigenvalue weighted by atomic mass is 19.1. The van der Waals surface area contributed by atoms with Gasteiger partial charge in [0.1, 0.15) is 29.1 Å². The molecule has 1 N–H and O–H groups in total. The van der Waals surface area contributed by atoms with E-state index in [2.05, 4.69) is 5.32 Å². The Hall–Kier alpha value is -2.48. The maximum atomic E-state index is 13.4. The van der Waals surface area contributed by atoms with Crippen LogP contribution in [0.25, 0.3) is 0 Å². The van der Waals surface area contributed by atoms with Crippen LogP contribution < -0.4 is 5.32 Å². The molecule has 96 valence electrons. The molecule has 0 aliphatic heterocycles. The van der Waals surface area contributed by atoms with Gasteiger partial charge in [-0.25, -0.2) is 13.2 Å². The molecule has 0 saturated heterocycles. The van der Waals surface area contributed by atoms with E-state index in [4.69, 9.17) is 5.26 Å². The lowest BCUT2D eigenvalue weighted by atomic mass is 10.1. The van der Waals surface area contributed by atoms with Crippen LogP contribution in [-0.4, -0.2) is 0 Å². The topological polar surface area (TPSA) is 35.8 Å². The maximum Gasteiger partial charge on any atom is 0.143 e. The summed E-state index contributed by atoms with van der Waals surface area (Å²) in [7, 11) is 0. The van der Waals surface area contributed by atoms with Gasteiger partial charge in [-0.1, -0.05) is 12.1 Å². The van der Waals surface area contributed by atoms with Gasteiger partial charge >= 0.3 is 0 Å². The second-order valence-electron chi connectivity index (χ2n) is 3.83. The summed E-state index contributed by atoms with van der Waals surface area (Å²) in [6, 6.07) is 9.27. The van der Waals surface area contributed by atoms with Gasteiger partial charge < -0.3 is 5.32 Å². The van der Waals surface area contributed by atoms with Gasteiger partial charge in [0.05, 0.1) is 5.69 Å². The average Bonchev–Trinajstić information content (AvgIpc) is 2.38. The number of nitrogens with zero attached hydrogens (tertiary/aromatic N) is 1. The largest absolute Gasteiger partial charge is 0.380 e. The Morgan fingerprint density at radius 2 is 1.53 bits per heavy atom. The van der Waals surface area contributed by atoms with Crippen molar-refractivity contribution < 1.29 is 13.2 Å². The van der Waals surface area contributed by atoms with Crippen LogP contribution in [0.15, 0.2) is 36.4 Å². The summed E-state index contributed by atoms with van der Waals surface area (Å²) in [6.45, 7) is -0.170. The van der Waals surface area contributed by atoms with Crippen LogP contribution in [0.2, 0.25) is 0 Å². The first-order valence-electron chi connectivity index (χ1n) is 5.49. The minimum atomic E-state index is -0.692. The van der Waals surface area contributed by atoms with Crippen LogP contribution >= 0.6 is 0 Å². The minimum Gasteiger partial charge on any atom is -0.380 e. The lowest BCUT2D eigenvalue weighted by Gasteiger charge is -2.10. The van der Waals surface area contributed by atoms with Crippen molar-refractivity contribution in [2.45, 2.75) is 6.54 Å². The Balaban J connectivity index is 2.25. The van der Waals surface area contributed by atoms with E-state index in [1.165, 1.54) is 18.2 Å². The quantitative estimate of drug-likeness (QED) is 0.917. The number of halogens is 3. The highest BCUT2D eigenvalue weighted by Crippen LogP contribution is 2.20. The number of hydrogen-bond donors (Lipinski definition) is 1. The van der Waals surface area contributed by atoms with Crippen molar-refractivity contribution in [1.29, 1.82) is 5.26 Å². The van der Waals surface area contributed by atoms with Gasteiger partial charge in [-0.15, -0.1) is 0 Å². The highest BCUT2D eigenvalue weighted by Gasteiger charge is 2.11. The van der Waals surface area contributed by atoms with Crippen LogP contribution in [0, 0.1) is 28.8 Å². The zero-order chi connectivity index (χ0) is 13.8. The van der Waals surface area contributed by atoms with Gasteiger partial charge in [-0.2, -0.15) is 5.26 Å². The van der Waals surface area contributed by atoms with Crippen LogP contribution in [0.1, 0.15) is 11.1 Å². The van der Waals surface area contributed by atoms with Crippen LogP contribution in [-0.2, 0) is 6.54 Å². The Morgan fingerprint density at radius 1 is 0.947 bits per heavy atom. The highest BCUT2D eigenvalue weighted by molar-refractivity contribution is 5.58. The fourth-order valence-electron chi connectivity index (χ4n) is 1.67. The molecule has 2 aromatic carbocycles. The first kappa shape index (κ1) is 13.0. The molecule has 0 saturated carbocycles. The van der Waals surface area contributed by atoms with Crippen molar-refractivity contribution in [1.82, 2.24) is 0 Å². The Kier molecular flexibility index (Phi) is 3.71. The average molecular weight is 262 g/mol. The van der Waals surface area contributed by atoms with Gasteiger partial charge in [-0.3, -0.25) is 0 Å². The SMILES string of the molecule is N#Cc1c(F)cccc1NCc1c(F)cccc1F. The summed E-state index contributed by atoms with van der Waals surface area (Å²) in [4.78, 5) is 0. The van der Waals surface area contributed by atoms with E-state index in [0.717, 1.165) is 18.2 Å². The van der Waals surface area contributed by atoms with Crippen molar-refractivity contribution in [2.24, 2.45) is 0 Å². The number of hydrogen-bond acceptors (Lipinski definition) is 2. The second kappa shape index (κ2) is 5.44. The molecule has 0 aliphatic rings. The summed E-state index contributed by atoms with van der Waals surface area (Å²) in [5.41, 5.74) is -0.139. The van der Waals surface area contributed by atoms with Crippen LogP contribution in [0.5, 0.6) is 0 Å². The van der Waals surface area contributed by atoms with E-state index in [1.807, 2.05) is 0 Å². The molecule has 19 heavy (non-hydrogen) atoms. The van der Waals surface area contributed by atoms with Crippen molar-refractivity contribution in [3.05, 3.63) is 65.0 Å². The summed E-state index contributed by atoms with van der Waals surface area (Å²) in [5.74, 6) is -2.06. The third-order valence-electron chi connectivity index (χ3n) is 2.64. The zero-order valence-corrected chi connectivity index (χ0v) is 9.75. The number of nitriles is 1. The third-order valence-corrected chi connectivity index (χ3v) is 2.64. The van der Waals surface area contributed by atoms with E-state index in [0.29, 0.717) is 0 Å². The summed E-state index contributed by atoms with van der Waals surface area (Å²) >= 11 is 0. The molecule has 0 bridgehead atoms. The minimum absolute atomic E-state index is 0.157. The number of nitrogens with one attached hydrogen (secondary N) is 1. The molecule has 0 fully saturated rings. The molecule has 5 heteroatoms. The van der Waals surface area contributed by atoms with Crippen molar-refractivity contribution in [3.63, 3.8) is 0 Å². The molecule has 2 nitrogen and oxygen atoms in total. The number of anilines is 1. The molecule has 0 unspecified atom stereocenters. The van der Waals surface area contributed by atoms with Gasteiger partial charge in [-0.05, 0) is 24.3 Å². The predicted molar refractivity (Wildman–Crippen MR) is 64.8 cm³/mol. The fourth-order valence-corrected chi connectivity index (χ4v) is 1.67. The molecular weight excluding hydrogens is 253 g/mol. The Bertz CT molecular complexity index is 627. The zero-order valence-electron chi connectivity index (χ0n) is 9.75. The molecule has 0 radical (unpaired) electrons. The Morgan fingerprint density at radius 3 is 2.16 bits per heavy atom. The predicted octanol–water partition coefficient (Wildman–Crippen LogP) is 3.59. The van der Waals surface area contributed by atoms with E-state index in [1.54, 1.807) is 6.07 Å².